The quantitative estimate of drug-likeness (QED) is 0.685. The number of methoxy groups -OCH3 is 1. The molecule has 1 aromatic carbocycles. The number of sulfonamides is 1. The molecule has 0 atom stereocenters. The van der Waals surface area contributed by atoms with E-state index < -0.39 is 10.0 Å². The van der Waals surface area contributed by atoms with Gasteiger partial charge in [-0.2, -0.15) is 0 Å². The summed E-state index contributed by atoms with van der Waals surface area (Å²) in [5, 5.41) is 3.01. The molecule has 1 rings (SSSR count). The normalized spacial score (nSPS) is 11.9. The van der Waals surface area contributed by atoms with Gasteiger partial charge in [0.25, 0.3) is 0 Å². The highest BCUT2D eigenvalue weighted by molar-refractivity contribution is 7.89. The number of hydrogen-bond donors (Lipinski definition) is 2. The van der Waals surface area contributed by atoms with Crippen molar-refractivity contribution in [3.63, 3.8) is 0 Å². The predicted octanol–water partition coefficient (Wildman–Crippen LogP) is 2.13. The molecule has 0 aliphatic heterocycles. The molecule has 0 fully saturated rings. The molecule has 0 aliphatic carbocycles. The van der Waals surface area contributed by atoms with Crippen LogP contribution in [0.4, 0.5) is 0 Å². The van der Waals surface area contributed by atoms with Crippen molar-refractivity contribution in [1.29, 1.82) is 0 Å². The van der Waals surface area contributed by atoms with Crippen LogP contribution >= 0.6 is 0 Å². The van der Waals surface area contributed by atoms with Crippen LogP contribution < -0.4 is 14.8 Å². The van der Waals surface area contributed by atoms with E-state index in [1.807, 2.05) is 13.1 Å². The highest BCUT2D eigenvalue weighted by Gasteiger charge is 2.19. The van der Waals surface area contributed by atoms with Crippen LogP contribution in [0.2, 0.25) is 0 Å². The van der Waals surface area contributed by atoms with E-state index in [9.17, 15) is 8.42 Å². The zero-order valence-corrected chi connectivity index (χ0v) is 14.1. The van der Waals surface area contributed by atoms with Gasteiger partial charge in [0.1, 0.15) is 10.6 Å². The molecule has 0 unspecified atom stereocenters. The summed E-state index contributed by atoms with van der Waals surface area (Å²) in [6.45, 7) is 5.30. The van der Waals surface area contributed by atoms with E-state index in [-0.39, 0.29) is 4.90 Å². The number of rotatable bonds is 9. The van der Waals surface area contributed by atoms with E-state index >= 15 is 0 Å². The van der Waals surface area contributed by atoms with Gasteiger partial charge in [0.15, 0.2) is 0 Å². The molecule has 0 amide bonds. The minimum absolute atomic E-state index is 0.197. The Bertz CT molecular complexity index is 542. The molecule has 0 saturated heterocycles. The number of hydrogen-bond acceptors (Lipinski definition) is 4. The van der Waals surface area contributed by atoms with Crippen molar-refractivity contribution in [2.75, 3.05) is 20.7 Å². The third-order valence-corrected chi connectivity index (χ3v) is 4.63. The lowest BCUT2D eigenvalue weighted by Gasteiger charge is -2.13. The Morgan fingerprint density at radius 3 is 2.57 bits per heavy atom. The maximum atomic E-state index is 12.4. The topological polar surface area (TPSA) is 67.4 Å². The Morgan fingerprint density at radius 2 is 2.00 bits per heavy atom. The van der Waals surface area contributed by atoms with Crippen molar-refractivity contribution in [1.82, 2.24) is 10.0 Å². The Labute approximate surface area is 128 Å². The first-order chi connectivity index (χ1) is 9.90. The Kier molecular flexibility index (Phi) is 7.14. The highest BCUT2D eigenvalue weighted by atomic mass is 32.2. The highest BCUT2D eigenvalue weighted by Crippen LogP contribution is 2.24. The van der Waals surface area contributed by atoms with Crippen LogP contribution in [0.5, 0.6) is 5.75 Å². The minimum atomic E-state index is -3.54. The maximum absolute atomic E-state index is 12.4. The zero-order chi connectivity index (χ0) is 15.9. The van der Waals surface area contributed by atoms with Crippen LogP contribution in [0.25, 0.3) is 0 Å². The van der Waals surface area contributed by atoms with E-state index in [0.717, 1.165) is 18.4 Å². The van der Waals surface area contributed by atoms with E-state index in [1.54, 1.807) is 12.1 Å². The molecule has 0 heterocycles. The van der Waals surface area contributed by atoms with Gasteiger partial charge in [-0.25, -0.2) is 13.1 Å². The first kappa shape index (κ1) is 17.9. The van der Waals surface area contributed by atoms with Gasteiger partial charge < -0.3 is 10.1 Å². The van der Waals surface area contributed by atoms with E-state index in [1.165, 1.54) is 7.11 Å². The summed E-state index contributed by atoms with van der Waals surface area (Å²) in [5.41, 5.74) is 0.904. The smallest absolute Gasteiger partial charge is 0.244 e. The Hall–Kier alpha value is -1.11. The fraction of sp³-hybridized carbons (Fsp3) is 0.600. The molecule has 2 N–H and O–H groups in total. The van der Waals surface area contributed by atoms with Crippen molar-refractivity contribution >= 4 is 10.0 Å². The molecule has 0 saturated carbocycles. The fourth-order valence-electron chi connectivity index (χ4n) is 2.04. The first-order valence-corrected chi connectivity index (χ1v) is 8.70. The van der Waals surface area contributed by atoms with Gasteiger partial charge in [-0.1, -0.05) is 19.9 Å². The lowest BCUT2D eigenvalue weighted by Crippen LogP contribution is -2.25. The molecule has 0 aliphatic rings. The van der Waals surface area contributed by atoms with Gasteiger partial charge in [0.2, 0.25) is 10.0 Å². The molecule has 5 nitrogen and oxygen atoms in total. The molecule has 0 spiro atoms. The van der Waals surface area contributed by atoms with Crippen LogP contribution in [0.15, 0.2) is 23.1 Å². The van der Waals surface area contributed by atoms with Crippen molar-refractivity contribution in [3.05, 3.63) is 23.8 Å². The zero-order valence-electron chi connectivity index (χ0n) is 13.3. The summed E-state index contributed by atoms with van der Waals surface area (Å²) in [5.74, 6) is 0.939. The van der Waals surface area contributed by atoms with E-state index in [4.69, 9.17) is 4.74 Å². The van der Waals surface area contributed by atoms with Gasteiger partial charge in [-0.05, 0) is 43.5 Å². The lowest BCUT2D eigenvalue weighted by atomic mass is 10.1. The Balaban J connectivity index is 2.87. The average molecular weight is 314 g/mol. The van der Waals surface area contributed by atoms with Crippen LogP contribution in [-0.4, -0.2) is 29.1 Å². The van der Waals surface area contributed by atoms with Crippen LogP contribution in [-0.2, 0) is 16.6 Å². The van der Waals surface area contributed by atoms with Gasteiger partial charge in [-0.15, -0.1) is 0 Å². The third-order valence-electron chi connectivity index (χ3n) is 3.15. The molecule has 1 aromatic rings. The van der Waals surface area contributed by atoms with Gasteiger partial charge >= 0.3 is 0 Å². The molecule has 0 radical (unpaired) electrons. The largest absolute Gasteiger partial charge is 0.495 e. The van der Waals surface area contributed by atoms with E-state index in [2.05, 4.69) is 23.9 Å². The minimum Gasteiger partial charge on any atom is -0.495 e. The summed E-state index contributed by atoms with van der Waals surface area (Å²) in [6, 6.07) is 5.20. The van der Waals surface area contributed by atoms with Crippen LogP contribution in [0, 0.1) is 5.92 Å². The third kappa shape index (κ3) is 5.65. The molecule has 21 heavy (non-hydrogen) atoms. The first-order valence-electron chi connectivity index (χ1n) is 7.22. The summed E-state index contributed by atoms with van der Waals surface area (Å²) >= 11 is 0. The van der Waals surface area contributed by atoms with Crippen LogP contribution in [0.1, 0.15) is 32.3 Å². The molecule has 0 bridgehead atoms. The number of benzene rings is 1. The monoisotopic (exact) mass is 314 g/mol. The second-order valence-corrected chi connectivity index (χ2v) is 7.18. The molecular formula is C15H26N2O3S. The summed E-state index contributed by atoms with van der Waals surface area (Å²) < 4.78 is 32.6. The second-order valence-electron chi connectivity index (χ2n) is 5.45. The standard InChI is InChI=1S/C15H26N2O3S/c1-12(2)6-5-9-17-21(18,19)15-10-13(11-16-3)7-8-14(15)20-4/h7-8,10,12,16-17H,5-6,9,11H2,1-4H3. The van der Waals surface area contributed by atoms with E-state index in [0.29, 0.717) is 24.8 Å². The van der Waals surface area contributed by atoms with Crippen LogP contribution in [0.3, 0.4) is 0 Å². The molecular weight excluding hydrogens is 288 g/mol. The second kappa shape index (κ2) is 8.36. The Morgan fingerprint density at radius 1 is 1.29 bits per heavy atom. The molecule has 0 aromatic heterocycles. The molecule has 120 valence electrons. The van der Waals surface area contributed by atoms with Crippen molar-refractivity contribution in [3.8, 4) is 5.75 Å². The average Bonchev–Trinajstić information content (AvgIpc) is 2.44. The van der Waals surface area contributed by atoms with Crippen molar-refractivity contribution < 1.29 is 13.2 Å². The van der Waals surface area contributed by atoms with Gasteiger partial charge in [0, 0.05) is 13.1 Å². The predicted molar refractivity (Wildman–Crippen MR) is 85.0 cm³/mol. The summed E-state index contributed by atoms with van der Waals surface area (Å²) in [4.78, 5) is 0.197. The van der Waals surface area contributed by atoms with Gasteiger partial charge in [-0.3, -0.25) is 0 Å². The van der Waals surface area contributed by atoms with Crippen molar-refractivity contribution in [2.45, 2.75) is 38.1 Å². The summed E-state index contributed by atoms with van der Waals surface area (Å²) in [7, 11) is -0.246. The maximum Gasteiger partial charge on any atom is 0.244 e. The fourth-order valence-corrected chi connectivity index (χ4v) is 3.33. The molecule has 6 heteroatoms. The number of ether oxygens (including phenoxy) is 1. The van der Waals surface area contributed by atoms with Crippen molar-refractivity contribution in [2.24, 2.45) is 5.92 Å². The van der Waals surface area contributed by atoms with Gasteiger partial charge in [0.05, 0.1) is 7.11 Å². The lowest BCUT2D eigenvalue weighted by molar-refractivity contribution is 0.402. The summed E-state index contributed by atoms with van der Waals surface area (Å²) in [6.07, 6.45) is 1.83. The SMILES string of the molecule is CNCc1ccc(OC)c(S(=O)(=O)NCCCC(C)C)c1. The number of nitrogens with one attached hydrogen (secondary N) is 2.